The summed E-state index contributed by atoms with van der Waals surface area (Å²) in [5, 5.41) is 0. The molecule has 0 fully saturated rings. The van der Waals surface area contributed by atoms with Crippen molar-refractivity contribution in [3.05, 3.63) is 12.3 Å². The highest BCUT2D eigenvalue weighted by Crippen LogP contribution is 2.14. The van der Waals surface area contributed by atoms with Crippen molar-refractivity contribution >= 4 is 16.4 Å². The third-order valence-corrected chi connectivity index (χ3v) is 5.80. The van der Waals surface area contributed by atoms with Crippen LogP contribution in [0.25, 0.3) is 0 Å². The SMILES string of the molecule is CCCCCCCCCCCCCCC=COC(=O)C(CCCCCC)OS(=O)(=O)O. The third-order valence-electron chi connectivity index (χ3n) is 5.33. The van der Waals surface area contributed by atoms with Crippen molar-refractivity contribution in [3.8, 4) is 0 Å². The Morgan fingerprint density at radius 1 is 0.774 bits per heavy atom. The van der Waals surface area contributed by atoms with Crippen LogP contribution in [0.1, 0.15) is 129 Å². The van der Waals surface area contributed by atoms with Crippen LogP contribution in [0.15, 0.2) is 12.3 Å². The molecule has 184 valence electrons. The number of allylic oxidation sites excluding steroid dienone is 1. The van der Waals surface area contributed by atoms with Gasteiger partial charge in [-0.05, 0) is 25.3 Å². The maximum absolute atomic E-state index is 12.0. The molecule has 0 saturated carbocycles. The van der Waals surface area contributed by atoms with Gasteiger partial charge in [-0.1, -0.05) is 110 Å². The van der Waals surface area contributed by atoms with Gasteiger partial charge in [0, 0.05) is 0 Å². The molecule has 0 radical (unpaired) electrons. The minimum absolute atomic E-state index is 0.200. The van der Waals surface area contributed by atoms with E-state index in [1.165, 1.54) is 70.5 Å². The van der Waals surface area contributed by atoms with Crippen LogP contribution >= 0.6 is 0 Å². The molecule has 1 N–H and O–H groups in total. The number of esters is 1. The zero-order valence-electron chi connectivity index (χ0n) is 19.9. The lowest BCUT2D eigenvalue weighted by molar-refractivity contribution is -0.146. The number of hydrogen-bond donors (Lipinski definition) is 1. The fourth-order valence-corrected chi connectivity index (χ4v) is 3.94. The number of rotatable bonds is 22. The summed E-state index contributed by atoms with van der Waals surface area (Å²) in [5.74, 6) is -0.792. The number of unbranched alkanes of at least 4 members (excludes halogenated alkanes) is 15. The fourth-order valence-electron chi connectivity index (χ4n) is 3.47. The highest BCUT2D eigenvalue weighted by atomic mass is 32.3. The first-order valence-electron chi connectivity index (χ1n) is 12.4. The van der Waals surface area contributed by atoms with Crippen molar-refractivity contribution < 1.29 is 26.7 Å². The largest absolute Gasteiger partial charge is 0.433 e. The predicted molar refractivity (Wildman–Crippen MR) is 126 cm³/mol. The van der Waals surface area contributed by atoms with Crippen molar-refractivity contribution in [2.24, 2.45) is 0 Å². The Hall–Kier alpha value is -0.920. The van der Waals surface area contributed by atoms with Gasteiger partial charge in [-0.3, -0.25) is 4.55 Å². The van der Waals surface area contributed by atoms with Gasteiger partial charge in [-0.25, -0.2) is 8.98 Å². The lowest BCUT2D eigenvalue weighted by Crippen LogP contribution is -2.28. The standard InChI is InChI=1S/C24H46O6S/c1-3-5-7-9-10-11-12-13-14-15-16-17-18-20-22-29-24(25)23(30-31(26,27)28)21-19-8-6-4-2/h20,22-23H,3-19,21H2,1-2H3,(H,26,27,28). The highest BCUT2D eigenvalue weighted by molar-refractivity contribution is 7.80. The topological polar surface area (TPSA) is 89.9 Å². The van der Waals surface area contributed by atoms with Gasteiger partial charge in [0.1, 0.15) is 0 Å². The third kappa shape index (κ3) is 22.1. The van der Waals surface area contributed by atoms with Gasteiger partial charge in [0.2, 0.25) is 0 Å². The van der Waals surface area contributed by atoms with E-state index in [-0.39, 0.29) is 6.42 Å². The van der Waals surface area contributed by atoms with E-state index in [9.17, 15) is 13.2 Å². The van der Waals surface area contributed by atoms with Crippen molar-refractivity contribution in [3.63, 3.8) is 0 Å². The van der Waals surface area contributed by atoms with Crippen molar-refractivity contribution in [1.29, 1.82) is 0 Å². The zero-order chi connectivity index (χ0) is 23.2. The summed E-state index contributed by atoms with van der Waals surface area (Å²) in [6.45, 7) is 4.30. The van der Waals surface area contributed by atoms with Gasteiger partial charge in [0.25, 0.3) is 0 Å². The van der Waals surface area contributed by atoms with Gasteiger partial charge >= 0.3 is 16.4 Å². The minimum atomic E-state index is -4.70. The summed E-state index contributed by atoms with van der Waals surface area (Å²) >= 11 is 0. The van der Waals surface area contributed by atoms with E-state index >= 15 is 0 Å². The molecule has 0 aliphatic rings. The Labute approximate surface area is 191 Å². The molecule has 0 aliphatic heterocycles. The molecule has 0 rings (SSSR count). The molecule has 1 unspecified atom stereocenters. The Morgan fingerprint density at radius 3 is 1.71 bits per heavy atom. The van der Waals surface area contributed by atoms with Crippen LogP contribution in [-0.4, -0.2) is 25.0 Å². The van der Waals surface area contributed by atoms with Crippen LogP contribution < -0.4 is 0 Å². The second-order valence-electron chi connectivity index (χ2n) is 8.35. The number of carbonyl (C=O) groups excluding carboxylic acids is 1. The number of carbonyl (C=O) groups is 1. The first kappa shape index (κ1) is 30.1. The number of hydrogen-bond acceptors (Lipinski definition) is 5. The van der Waals surface area contributed by atoms with Gasteiger partial charge in [0.15, 0.2) is 6.10 Å². The summed E-state index contributed by atoms with van der Waals surface area (Å²) in [5.41, 5.74) is 0. The Morgan fingerprint density at radius 2 is 1.23 bits per heavy atom. The van der Waals surface area contributed by atoms with E-state index in [0.717, 1.165) is 38.5 Å². The minimum Gasteiger partial charge on any atom is -0.433 e. The highest BCUT2D eigenvalue weighted by Gasteiger charge is 2.25. The van der Waals surface area contributed by atoms with Crippen LogP contribution in [-0.2, 0) is 24.1 Å². The van der Waals surface area contributed by atoms with E-state index in [1.807, 2.05) is 0 Å². The zero-order valence-corrected chi connectivity index (χ0v) is 20.7. The van der Waals surface area contributed by atoms with Crippen LogP contribution in [0.2, 0.25) is 0 Å². The molecular formula is C24H46O6S. The second kappa shape index (κ2) is 21.0. The Bertz CT molecular complexity index is 544. The lowest BCUT2D eigenvalue weighted by Gasteiger charge is -2.12. The van der Waals surface area contributed by atoms with Crippen molar-refractivity contribution in [2.75, 3.05) is 0 Å². The molecule has 7 heteroatoms. The monoisotopic (exact) mass is 462 g/mol. The normalized spacial score (nSPS) is 13.0. The van der Waals surface area contributed by atoms with Crippen LogP contribution in [0.5, 0.6) is 0 Å². The maximum Gasteiger partial charge on any atom is 0.398 e. The summed E-state index contributed by atoms with van der Waals surface area (Å²) in [7, 11) is -4.70. The molecule has 0 heterocycles. The van der Waals surface area contributed by atoms with Crippen molar-refractivity contribution in [1.82, 2.24) is 0 Å². The molecule has 0 amide bonds. The van der Waals surface area contributed by atoms with E-state index in [4.69, 9.17) is 9.29 Å². The van der Waals surface area contributed by atoms with E-state index < -0.39 is 22.5 Å². The van der Waals surface area contributed by atoms with Gasteiger partial charge in [-0.15, -0.1) is 0 Å². The van der Waals surface area contributed by atoms with Gasteiger partial charge in [0.05, 0.1) is 6.26 Å². The summed E-state index contributed by atoms with van der Waals surface area (Å²) in [6, 6.07) is 0. The first-order valence-corrected chi connectivity index (χ1v) is 13.8. The van der Waals surface area contributed by atoms with Gasteiger partial charge < -0.3 is 4.74 Å². The lowest BCUT2D eigenvalue weighted by atomic mass is 10.0. The van der Waals surface area contributed by atoms with Crippen molar-refractivity contribution in [2.45, 2.75) is 136 Å². The Kier molecular flexibility index (Phi) is 20.3. The van der Waals surface area contributed by atoms with Gasteiger partial charge in [-0.2, -0.15) is 8.42 Å². The predicted octanol–water partition coefficient (Wildman–Crippen LogP) is 7.29. The van der Waals surface area contributed by atoms with E-state index in [0.29, 0.717) is 6.42 Å². The summed E-state index contributed by atoms with van der Waals surface area (Å²) in [4.78, 5) is 12.0. The average Bonchev–Trinajstić information content (AvgIpc) is 2.72. The molecule has 1 atom stereocenters. The molecule has 0 aromatic heterocycles. The van der Waals surface area contributed by atoms with E-state index in [1.54, 1.807) is 6.08 Å². The summed E-state index contributed by atoms with van der Waals surface area (Å²) in [6.07, 6.45) is 21.8. The quantitative estimate of drug-likeness (QED) is 0.0786. The smallest absolute Gasteiger partial charge is 0.398 e. The molecule has 0 aromatic rings. The molecule has 0 saturated heterocycles. The fraction of sp³-hybridized carbons (Fsp3) is 0.875. The maximum atomic E-state index is 12.0. The van der Waals surface area contributed by atoms with Crippen LogP contribution in [0.4, 0.5) is 0 Å². The second-order valence-corrected chi connectivity index (χ2v) is 9.40. The van der Waals surface area contributed by atoms with Crippen LogP contribution in [0.3, 0.4) is 0 Å². The van der Waals surface area contributed by atoms with Crippen LogP contribution in [0, 0.1) is 0 Å². The molecule has 6 nitrogen and oxygen atoms in total. The first-order chi connectivity index (χ1) is 14.9. The Balaban J connectivity index is 3.80. The molecule has 31 heavy (non-hydrogen) atoms. The number of ether oxygens (including phenoxy) is 1. The molecule has 0 bridgehead atoms. The average molecular weight is 463 g/mol. The molecule has 0 spiro atoms. The molecule has 0 aliphatic carbocycles. The van der Waals surface area contributed by atoms with E-state index in [2.05, 4.69) is 18.0 Å². The molecule has 0 aromatic carbocycles. The summed E-state index contributed by atoms with van der Waals surface area (Å²) < 4.78 is 40.2. The molecular weight excluding hydrogens is 416 g/mol.